The van der Waals surface area contributed by atoms with Gasteiger partial charge in [-0.1, -0.05) is 12.1 Å². The van der Waals surface area contributed by atoms with Crippen LogP contribution >= 0.6 is 0 Å². The van der Waals surface area contributed by atoms with Gasteiger partial charge in [-0.05, 0) is 48.9 Å². The maximum absolute atomic E-state index is 12.8. The Hall–Kier alpha value is -2.21. The first-order valence-electron chi connectivity index (χ1n) is 8.62. The number of benzene rings is 1. The van der Waals surface area contributed by atoms with Gasteiger partial charge in [-0.2, -0.15) is 0 Å². The molecule has 0 aliphatic carbocycles. The molecule has 0 spiro atoms. The highest BCUT2D eigenvalue weighted by Crippen LogP contribution is 2.35. The Morgan fingerprint density at radius 3 is 2.75 bits per heavy atom. The molecule has 2 unspecified atom stereocenters. The van der Waals surface area contributed by atoms with Crippen LogP contribution in [-0.4, -0.2) is 41.8 Å². The maximum atomic E-state index is 12.8. The number of carbonyl (C=O) groups excluding carboxylic acids is 3. The lowest BCUT2D eigenvalue weighted by Gasteiger charge is -2.29. The Kier molecular flexibility index (Phi) is 3.84. The van der Waals surface area contributed by atoms with Gasteiger partial charge in [0, 0.05) is 25.1 Å². The van der Waals surface area contributed by atoms with E-state index in [1.165, 1.54) is 5.56 Å². The molecule has 1 aromatic rings. The number of amides is 3. The number of nitrogens with zero attached hydrogens (tertiary/aromatic N) is 1. The molecule has 4 rings (SSSR count). The third kappa shape index (κ3) is 2.51. The quantitative estimate of drug-likeness (QED) is 0.792. The molecule has 3 aliphatic heterocycles. The van der Waals surface area contributed by atoms with Crippen molar-refractivity contribution in [2.24, 2.45) is 0 Å². The molecule has 2 fully saturated rings. The lowest BCUT2D eigenvalue weighted by Crippen LogP contribution is -2.52. The highest BCUT2D eigenvalue weighted by molar-refractivity contribution is 6.05. The van der Waals surface area contributed by atoms with Crippen LogP contribution in [0.3, 0.4) is 0 Å². The van der Waals surface area contributed by atoms with Gasteiger partial charge in [0.15, 0.2) is 0 Å². The third-order valence-electron chi connectivity index (χ3n) is 5.36. The molecular formula is C18H21N3O3. The van der Waals surface area contributed by atoms with Crippen LogP contribution in [0.25, 0.3) is 0 Å². The van der Waals surface area contributed by atoms with Crippen LogP contribution in [0.2, 0.25) is 0 Å². The summed E-state index contributed by atoms with van der Waals surface area (Å²) in [6, 6.07) is 5.36. The summed E-state index contributed by atoms with van der Waals surface area (Å²) in [5.74, 6) is -0.281. The second-order valence-corrected chi connectivity index (χ2v) is 6.82. The van der Waals surface area contributed by atoms with E-state index in [0.717, 1.165) is 31.5 Å². The molecule has 24 heavy (non-hydrogen) atoms. The molecule has 0 aromatic heterocycles. The molecule has 0 radical (unpaired) electrons. The highest BCUT2D eigenvalue weighted by atomic mass is 16.2. The largest absolute Gasteiger partial charge is 0.322 e. The fourth-order valence-electron chi connectivity index (χ4n) is 4.11. The Morgan fingerprint density at radius 2 is 2.00 bits per heavy atom. The van der Waals surface area contributed by atoms with Crippen molar-refractivity contribution in [2.45, 2.75) is 44.2 Å². The fourth-order valence-corrected chi connectivity index (χ4v) is 4.11. The van der Waals surface area contributed by atoms with Crippen molar-refractivity contribution in [2.75, 3.05) is 13.1 Å². The van der Waals surface area contributed by atoms with Crippen molar-refractivity contribution in [1.29, 1.82) is 0 Å². The van der Waals surface area contributed by atoms with Gasteiger partial charge >= 0.3 is 0 Å². The molecule has 3 amide bonds. The minimum Gasteiger partial charge on any atom is -0.322 e. The molecule has 3 aliphatic rings. The first kappa shape index (κ1) is 15.3. The summed E-state index contributed by atoms with van der Waals surface area (Å²) >= 11 is 0. The molecule has 6 heteroatoms. The van der Waals surface area contributed by atoms with E-state index in [1.807, 2.05) is 12.1 Å². The zero-order chi connectivity index (χ0) is 16.7. The van der Waals surface area contributed by atoms with Gasteiger partial charge < -0.3 is 10.2 Å². The molecule has 2 N–H and O–H groups in total. The van der Waals surface area contributed by atoms with Gasteiger partial charge in [-0.3, -0.25) is 19.7 Å². The van der Waals surface area contributed by atoms with Crippen molar-refractivity contribution in [3.63, 3.8) is 0 Å². The molecular weight excluding hydrogens is 306 g/mol. The van der Waals surface area contributed by atoms with E-state index < -0.39 is 6.04 Å². The molecule has 0 saturated carbocycles. The number of imide groups is 1. The van der Waals surface area contributed by atoms with Crippen molar-refractivity contribution < 1.29 is 14.4 Å². The SMILES string of the molecule is O=C1CCC(N2Cc3c(cccc3C3CCCNC3)C2=O)C(=O)N1. The van der Waals surface area contributed by atoms with E-state index in [0.29, 0.717) is 24.4 Å². The van der Waals surface area contributed by atoms with E-state index in [1.54, 1.807) is 4.90 Å². The molecule has 2 atom stereocenters. The molecule has 6 nitrogen and oxygen atoms in total. The number of hydrogen-bond donors (Lipinski definition) is 2. The van der Waals surface area contributed by atoms with Crippen LogP contribution in [0.1, 0.15) is 53.1 Å². The molecule has 0 bridgehead atoms. The van der Waals surface area contributed by atoms with Crippen LogP contribution < -0.4 is 10.6 Å². The average molecular weight is 327 g/mol. The van der Waals surface area contributed by atoms with E-state index in [-0.39, 0.29) is 24.1 Å². The maximum Gasteiger partial charge on any atom is 0.255 e. The summed E-state index contributed by atoms with van der Waals surface area (Å²) in [5, 5.41) is 5.77. The molecule has 1 aromatic carbocycles. The first-order chi connectivity index (χ1) is 11.6. The molecule has 2 saturated heterocycles. The van der Waals surface area contributed by atoms with Crippen LogP contribution in [0, 0.1) is 0 Å². The number of rotatable bonds is 2. The number of piperidine rings is 2. The van der Waals surface area contributed by atoms with Crippen molar-refractivity contribution in [3.8, 4) is 0 Å². The predicted molar refractivity (Wildman–Crippen MR) is 87.3 cm³/mol. The number of carbonyl (C=O) groups is 3. The van der Waals surface area contributed by atoms with Gasteiger partial charge in [0.2, 0.25) is 11.8 Å². The smallest absolute Gasteiger partial charge is 0.255 e. The topological polar surface area (TPSA) is 78.5 Å². The van der Waals surface area contributed by atoms with Gasteiger partial charge in [-0.15, -0.1) is 0 Å². The normalized spacial score (nSPS) is 27.2. The van der Waals surface area contributed by atoms with Crippen molar-refractivity contribution in [1.82, 2.24) is 15.5 Å². The number of hydrogen-bond acceptors (Lipinski definition) is 4. The third-order valence-corrected chi connectivity index (χ3v) is 5.36. The predicted octanol–water partition coefficient (Wildman–Crippen LogP) is 0.915. The summed E-state index contributed by atoms with van der Waals surface area (Å²) in [6.07, 6.45) is 2.95. The summed E-state index contributed by atoms with van der Waals surface area (Å²) in [6.45, 7) is 2.45. The van der Waals surface area contributed by atoms with E-state index in [9.17, 15) is 14.4 Å². The van der Waals surface area contributed by atoms with Gasteiger partial charge in [0.05, 0.1) is 0 Å². The second kappa shape index (κ2) is 6.02. The monoisotopic (exact) mass is 327 g/mol. The molecule has 126 valence electrons. The minimum absolute atomic E-state index is 0.0925. The zero-order valence-electron chi connectivity index (χ0n) is 13.5. The number of fused-ring (bicyclic) bond motifs is 1. The van der Waals surface area contributed by atoms with E-state index >= 15 is 0 Å². The summed E-state index contributed by atoms with van der Waals surface area (Å²) in [4.78, 5) is 37.9. The van der Waals surface area contributed by atoms with Gasteiger partial charge in [0.25, 0.3) is 5.91 Å². The minimum atomic E-state index is -0.542. The molecule has 3 heterocycles. The summed E-state index contributed by atoms with van der Waals surface area (Å²) < 4.78 is 0. The van der Waals surface area contributed by atoms with E-state index in [2.05, 4.69) is 16.7 Å². The lowest BCUT2D eigenvalue weighted by atomic mass is 9.87. The average Bonchev–Trinajstić information content (AvgIpc) is 2.93. The van der Waals surface area contributed by atoms with E-state index in [4.69, 9.17) is 0 Å². The zero-order valence-corrected chi connectivity index (χ0v) is 13.5. The Morgan fingerprint density at radius 1 is 1.12 bits per heavy atom. The van der Waals surface area contributed by atoms with Crippen molar-refractivity contribution >= 4 is 17.7 Å². The standard InChI is InChI=1S/C18H21N3O3/c22-16-7-6-15(17(23)20-16)21-10-14-12(11-3-2-8-19-9-11)4-1-5-13(14)18(21)24/h1,4-5,11,15,19H,2-3,6-10H2,(H,20,22,23). The van der Waals surface area contributed by atoms with Crippen LogP contribution in [0.4, 0.5) is 0 Å². The van der Waals surface area contributed by atoms with Crippen LogP contribution in [0.5, 0.6) is 0 Å². The Labute approximate surface area is 140 Å². The highest BCUT2D eigenvalue weighted by Gasteiger charge is 2.40. The second-order valence-electron chi connectivity index (χ2n) is 6.82. The number of nitrogens with one attached hydrogen (secondary N) is 2. The van der Waals surface area contributed by atoms with Crippen LogP contribution in [0.15, 0.2) is 18.2 Å². The van der Waals surface area contributed by atoms with Crippen molar-refractivity contribution in [3.05, 3.63) is 34.9 Å². The Balaban J connectivity index is 1.62. The summed E-state index contributed by atoms with van der Waals surface area (Å²) in [7, 11) is 0. The first-order valence-corrected chi connectivity index (χ1v) is 8.62. The van der Waals surface area contributed by atoms with Gasteiger partial charge in [-0.25, -0.2) is 0 Å². The Bertz CT molecular complexity index is 709. The van der Waals surface area contributed by atoms with Crippen LogP contribution in [-0.2, 0) is 16.1 Å². The fraction of sp³-hybridized carbons (Fsp3) is 0.500. The lowest BCUT2D eigenvalue weighted by molar-refractivity contribution is -0.136. The van der Waals surface area contributed by atoms with Gasteiger partial charge in [0.1, 0.15) is 6.04 Å². The summed E-state index contributed by atoms with van der Waals surface area (Å²) in [5.41, 5.74) is 2.99.